The molecule has 2 N–H and O–H groups in total. The number of sulfonamides is 1. The van der Waals surface area contributed by atoms with Crippen molar-refractivity contribution < 1.29 is 8.42 Å². The van der Waals surface area contributed by atoms with E-state index in [-0.39, 0.29) is 10.9 Å². The smallest absolute Gasteiger partial charge is 0.241 e. The highest BCUT2D eigenvalue weighted by Gasteiger charge is 2.29. The molecule has 0 saturated carbocycles. The maximum atomic E-state index is 13.5. The summed E-state index contributed by atoms with van der Waals surface area (Å²) in [6, 6.07) is 36.8. The minimum absolute atomic E-state index is 0.224. The van der Waals surface area contributed by atoms with Crippen molar-refractivity contribution in [3.63, 3.8) is 0 Å². The van der Waals surface area contributed by atoms with Crippen LogP contribution in [-0.4, -0.2) is 15.0 Å². The van der Waals surface area contributed by atoms with Crippen molar-refractivity contribution in [2.75, 3.05) is 6.54 Å². The maximum absolute atomic E-state index is 13.5. The molecule has 0 aliphatic rings. The average Bonchev–Trinajstić information content (AvgIpc) is 2.93. The van der Waals surface area contributed by atoms with Gasteiger partial charge in [-0.25, -0.2) is 13.1 Å². The van der Waals surface area contributed by atoms with E-state index in [1.807, 2.05) is 73.7 Å². The number of aryl methyl sites for hydroxylation is 2. The molecular weight excluding hydrogens is 476 g/mol. The first-order valence-corrected chi connectivity index (χ1v) is 14.5. The Bertz CT molecular complexity index is 1310. The lowest BCUT2D eigenvalue weighted by molar-refractivity contribution is 0.416. The Hall–Kier alpha value is -3.25. The van der Waals surface area contributed by atoms with Gasteiger partial charge in [0, 0.05) is 0 Å². The zero-order valence-electron chi connectivity index (χ0n) is 21.4. The van der Waals surface area contributed by atoms with Gasteiger partial charge in [-0.3, -0.25) is 0 Å². The molecule has 0 bridgehead atoms. The van der Waals surface area contributed by atoms with Crippen LogP contribution in [0, 0.1) is 6.92 Å². The fraction of sp³-hybridized carbons (Fsp3) is 0.250. The van der Waals surface area contributed by atoms with Gasteiger partial charge in [-0.05, 0) is 61.6 Å². The largest absolute Gasteiger partial charge is 0.308 e. The van der Waals surface area contributed by atoms with Gasteiger partial charge in [-0.2, -0.15) is 0 Å². The summed E-state index contributed by atoms with van der Waals surface area (Å²) in [7, 11) is -3.74. The highest BCUT2D eigenvalue weighted by molar-refractivity contribution is 7.89. The van der Waals surface area contributed by atoms with E-state index in [4.69, 9.17) is 0 Å². The van der Waals surface area contributed by atoms with Gasteiger partial charge in [-0.15, -0.1) is 0 Å². The van der Waals surface area contributed by atoms with Crippen molar-refractivity contribution in [3.05, 3.63) is 138 Å². The summed E-state index contributed by atoms with van der Waals surface area (Å²) in [5.41, 5.74) is 4.36. The van der Waals surface area contributed by atoms with Gasteiger partial charge in [0.25, 0.3) is 0 Å². The first kappa shape index (κ1) is 26.8. The van der Waals surface area contributed by atoms with E-state index in [2.05, 4.69) is 46.4 Å². The summed E-state index contributed by atoms with van der Waals surface area (Å²) in [4.78, 5) is 0.270. The van der Waals surface area contributed by atoms with Crippen LogP contribution in [0.5, 0.6) is 0 Å². The molecule has 0 heterocycles. The van der Waals surface area contributed by atoms with Crippen LogP contribution >= 0.6 is 0 Å². The number of hydrogen-bond donors (Lipinski definition) is 2. The lowest BCUT2D eigenvalue weighted by Gasteiger charge is -2.30. The van der Waals surface area contributed by atoms with Crippen LogP contribution in [0.1, 0.15) is 53.6 Å². The summed E-state index contributed by atoms with van der Waals surface area (Å²) in [5, 5.41) is 3.69. The summed E-state index contributed by atoms with van der Waals surface area (Å²) in [5.74, 6) is 0. The molecular formula is C32H36N2O2S. The fourth-order valence-corrected chi connectivity index (χ4v) is 5.80. The Morgan fingerprint density at radius 2 is 1.16 bits per heavy atom. The Morgan fingerprint density at radius 1 is 0.622 bits per heavy atom. The van der Waals surface area contributed by atoms with E-state index in [1.165, 1.54) is 5.56 Å². The third-order valence-corrected chi connectivity index (χ3v) is 8.07. The Kier molecular flexibility index (Phi) is 9.66. The van der Waals surface area contributed by atoms with Crippen LogP contribution in [0.3, 0.4) is 0 Å². The van der Waals surface area contributed by atoms with Crippen molar-refractivity contribution in [1.29, 1.82) is 0 Å². The van der Waals surface area contributed by atoms with Crippen molar-refractivity contribution in [2.24, 2.45) is 0 Å². The highest BCUT2D eigenvalue weighted by Crippen LogP contribution is 2.31. The number of benzene rings is 4. The van der Waals surface area contributed by atoms with Gasteiger partial charge in [-0.1, -0.05) is 115 Å². The number of unbranched alkanes of at least 4 members (excludes halogenated alkanes) is 2. The molecule has 0 aliphatic heterocycles. The molecule has 5 heteroatoms. The van der Waals surface area contributed by atoms with Gasteiger partial charge in [0.2, 0.25) is 10.0 Å². The molecule has 4 aromatic rings. The third-order valence-electron chi connectivity index (χ3n) is 6.61. The van der Waals surface area contributed by atoms with Crippen molar-refractivity contribution in [1.82, 2.24) is 10.0 Å². The minimum Gasteiger partial charge on any atom is -0.308 e. The second-order valence-electron chi connectivity index (χ2n) is 9.46. The summed E-state index contributed by atoms with van der Waals surface area (Å²) in [6.45, 7) is 2.75. The van der Waals surface area contributed by atoms with Crippen molar-refractivity contribution >= 4 is 10.0 Å². The maximum Gasteiger partial charge on any atom is 0.241 e. The van der Waals surface area contributed by atoms with Crippen LogP contribution in [-0.2, 0) is 16.4 Å². The molecule has 4 rings (SSSR count). The monoisotopic (exact) mass is 512 g/mol. The summed E-state index contributed by atoms with van der Waals surface area (Å²) in [6.07, 6.45) is 4.33. The van der Waals surface area contributed by atoms with Gasteiger partial charge in [0.05, 0.1) is 17.0 Å². The Balaban J connectivity index is 1.51. The van der Waals surface area contributed by atoms with Crippen molar-refractivity contribution in [2.45, 2.75) is 49.6 Å². The summed E-state index contributed by atoms with van der Waals surface area (Å²) < 4.78 is 30.0. The van der Waals surface area contributed by atoms with Crippen LogP contribution in [0.15, 0.2) is 120 Å². The van der Waals surface area contributed by atoms with Crippen LogP contribution in [0.4, 0.5) is 0 Å². The Morgan fingerprint density at radius 3 is 1.76 bits per heavy atom. The van der Waals surface area contributed by atoms with Crippen LogP contribution < -0.4 is 10.0 Å². The van der Waals surface area contributed by atoms with Gasteiger partial charge >= 0.3 is 0 Å². The summed E-state index contributed by atoms with van der Waals surface area (Å²) >= 11 is 0. The highest BCUT2D eigenvalue weighted by atomic mass is 32.2. The standard InChI is InChI=1S/C32H36N2O2S/c1-26-21-23-30(24-22-26)37(35,36)34-32(29-19-11-4-12-20-29)31(28-17-9-3-10-18-28)33-25-13-5-8-16-27-14-6-2-7-15-27/h2-4,6-7,9-12,14-15,17-24,31-34H,5,8,13,16,25H2,1H3/t31-,32-/m0/s1. The molecule has 0 aliphatic carbocycles. The second kappa shape index (κ2) is 13.3. The van der Waals surface area contributed by atoms with Gasteiger partial charge in [0.1, 0.15) is 0 Å². The van der Waals surface area contributed by atoms with E-state index in [0.29, 0.717) is 0 Å². The lowest BCUT2D eigenvalue weighted by Crippen LogP contribution is -2.39. The molecule has 4 nitrogen and oxygen atoms in total. The van der Waals surface area contributed by atoms with Crippen LogP contribution in [0.25, 0.3) is 0 Å². The topological polar surface area (TPSA) is 58.2 Å². The molecule has 192 valence electrons. The van der Waals surface area contributed by atoms with Gasteiger partial charge < -0.3 is 5.32 Å². The molecule has 4 aromatic carbocycles. The fourth-order valence-electron chi connectivity index (χ4n) is 4.56. The second-order valence-corrected chi connectivity index (χ2v) is 11.2. The molecule has 0 saturated heterocycles. The minimum atomic E-state index is -3.74. The predicted molar refractivity (Wildman–Crippen MR) is 152 cm³/mol. The number of rotatable bonds is 13. The third kappa shape index (κ3) is 7.86. The van der Waals surface area contributed by atoms with Gasteiger partial charge in [0.15, 0.2) is 0 Å². The molecule has 0 fully saturated rings. The van der Waals surface area contributed by atoms with E-state index < -0.39 is 16.1 Å². The molecule has 0 aromatic heterocycles. The first-order valence-electron chi connectivity index (χ1n) is 13.0. The quantitative estimate of drug-likeness (QED) is 0.195. The molecule has 0 amide bonds. The number of nitrogens with one attached hydrogen (secondary N) is 2. The predicted octanol–water partition coefficient (Wildman–Crippen LogP) is 6.76. The van der Waals surface area contributed by atoms with E-state index >= 15 is 0 Å². The van der Waals surface area contributed by atoms with E-state index in [1.54, 1.807) is 12.1 Å². The molecule has 2 atom stereocenters. The normalized spacial score (nSPS) is 13.2. The SMILES string of the molecule is Cc1ccc(S(=O)(=O)N[C@@H](c2ccccc2)[C@@H](NCCCCCc2ccccc2)c2ccccc2)cc1. The molecule has 37 heavy (non-hydrogen) atoms. The van der Waals surface area contributed by atoms with Crippen molar-refractivity contribution in [3.8, 4) is 0 Å². The first-order chi connectivity index (χ1) is 18.0. The van der Waals surface area contributed by atoms with E-state index in [9.17, 15) is 8.42 Å². The molecule has 0 unspecified atom stereocenters. The average molecular weight is 513 g/mol. The zero-order valence-corrected chi connectivity index (χ0v) is 22.2. The number of hydrogen-bond acceptors (Lipinski definition) is 3. The van der Waals surface area contributed by atoms with Crippen LogP contribution in [0.2, 0.25) is 0 Å². The van der Waals surface area contributed by atoms with E-state index in [0.717, 1.165) is 48.9 Å². The lowest BCUT2D eigenvalue weighted by atomic mass is 9.94. The molecule has 0 radical (unpaired) electrons. The molecule has 0 spiro atoms. The Labute approximate surface area is 221 Å². The zero-order chi connectivity index (χ0) is 25.9.